The highest BCUT2D eigenvalue weighted by atomic mass is 16.5. The summed E-state index contributed by atoms with van der Waals surface area (Å²) in [4.78, 5) is 22.0. The molecule has 0 spiro atoms. The van der Waals surface area contributed by atoms with Crippen LogP contribution >= 0.6 is 0 Å². The number of hydrogen-bond acceptors (Lipinski definition) is 4. The molecule has 2 N–H and O–H groups in total. The van der Waals surface area contributed by atoms with Gasteiger partial charge in [-0.3, -0.25) is 4.79 Å². The van der Waals surface area contributed by atoms with Crippen molar-refractivity contribution >= 4 is 11.9 Å². The topological polar surface area (TPSA) is 75.6 Å². The van der Waals surface area contributed by atoms with E-state index in [9.17, 15) is 14.7 Å². The van der Waals surface area contributed by atoms with Gasteiger partial charge in [-0.2, -0.15) is 0 Å². The van der Waals surface area contributed by atoms with Crippen LogP contribution in [0, 0.1) is 5.92 Å². The van der Waals surface area contributed by atoms with E-state index >= 15 is 0 Å². The van der Waals surface area contributed by atoms with Crippen LogP contribution in [0.2, 0.25) is 0 Å². The molecule has 0 aliphatic carbocycles. The number of esters is 1. The fourth-order valence-electron chi connectivity index (χ4n) is 0.874. The summed E-state index contributed by atoms with van der Waals surface area (Å²) < 4.78 is 4.61. The van der Waals surface area contributed by atoms with E-state index in [0.29, 0.717) is 0 Å². The molecule has 0 fully saturated rings. The Balaban J connectivity index is 3.72. The van der Waals surface area contributed by atoms with E-state index in [1.54, 1.807) is 6.92 Å². The van der Waals surface area contributed by atoms with Crippen LogP contribution in [0.3, 0.4) is 0 Å². The summed E-state index contributed by atoms with van der Waals surface area (Å²) in [6.07, 6.45) is 0.870. The predicted molar refractivity (Wildman–Crippen MR) is 59.6 cm³/mol. The van der Waals surface area contributed by atoms with E-state index in [0.717, 1.165) is 12.5 Å². The number of aliphatic hydroxyl groups is 1. The molecule has 0 bridgehead atoms. The van der Waals surface area contributed by atoms with Crippen molar-refractivity contribution in [3.05, 3.63) is 12.7 Å². The molecule has 0 aromatic carbocycles. The second kappa shape index (κ2) is 7.87. The Morgan fingerprint density at radius 1 is 1.56 bits per heavy atom. The first-order valence-electron chi connectivity index (χ1n) is 5.26. The second-order valence-electron chi connectivity index (χ2n) is 3.54. The first-order valence-corrected chi connectivity index (χ1v) is 5.26. The van der Waals surface area contributed by atoms with E-state index in [2.05, 4.69) is 16.6 Å². The lowest BCUT2D eigenvalue weighted by atomic mass is 10.1. The Hall–Kier alpha value is -1.36. The minimum absolute atomic E-state index is 0.0770. The summed E-state index contributed by atoms with van der Waals surface area (Å²) in [6.45, 7) is 6.87. The molecule has 0 aliphatic heterocycles. The number of hydrogen-bond donors (Lipinski definition) is 2. The van der Waals surface area contributed by atoms with Gasteiger partial charge in [0.05, 0.1) is 0 Å². The van der Waals surface area contributed by atoms with Gasteiger partial charge in [0.1, 0.15) is 12.7 Å². The molecule has 0 rings (SSSR count). The minimum Gasteiger partial charge on any atom is -0.460 e. The zero-order chi connectivity index (χ0) is 12.6. The third kappa shape index (κ3) is 6.19. The van der Waals surface area contributed by atoms with Crippen LogP contribution < -0.4 is 5.32 Å². The maximum atomic E-state index is 11.3. The van der Waals surface area contributed by atoms with Gasteiger partial charge < -0.3 is 15.2 Å². The third-order valence-electron chi connectivity index (χ3n) is 2.16. The molecule has 0 aromatic rings. The van der Waals surface area contributed by atoms with E-state index in [-0.39, 0.29) is 25.0 Å². The van der Waals surface area contributed by atoms with Crippen LogP contribution in [0.5, 0.6) is 0 Å². The Morgan fingerprint density at radius 3 is 2.69 bits per heavy atom. The fourth-order valence-corrected chi connectivity index (χ4v) is 0.874. The normalized spacial score (nSPS) is 13.7. The van der Waals surface area contributed by atoms with Gasteiger partial charge >= 0.3 is 5.97 Å². The van der Waals surface area contributed by atoms with Gasteiger partial charge in [-0.05, 0) is 6.42 Å². The molecule has 0 heterocycles. The second-order valence-corrected chi connectivity index (χ2v) is 3.54. The van der Waals surface area contributed by atoms with Crippen LogP contribution in [-0.4, -0.2) is 36.2 Å². The van der Waals surface area contributed by atoms with Crippen LogP contribution in [0.1, 0.15) is 20.3 Å². The van der Waals surface area contributed by atoms with Gasteiger partial charge in [0.2, 0.25) is 5.91 Å². The Labute approximate surface area is 95.5 Å². The van der Waals surface area contributed by atoms with Gasteiger partial charge in [-0.1, -0.05) is 20.4 Å². The smallest absolute Gasteiger partial charge is 0.330 e. The number of carbonyl (C=O) groups is 2. The van der Waals surface area contributed by atoms with Gasteiger partial charge in [-0.25, -0.2) is 4.79 Å². The highest BCUT2D eigenvalue weighted by molar-refractivity contribution is 5.81. The number of aliphatic hydroxyl groups excluding tert-OH is 1. The lowest BCUT2D eigenvalue weighted by Crippen LogP contribution is -2.37. The van der Waals surface area contributed by atoms with Crippen molar-refractivity contribution in [3.63, 3.8) is 0 Å². The van der Waals surface area contributed by atoms with Crippen molar-refractivity contribution in [2.75, 3.05) is 13.2 Å². The molecule has 5 heteroatoms. The van der Waals surface area contributed by atoms with Crippen molar-refractivity contribution in [3.8, 4) is 0 Å². The van der Waals surface area contributed by atoms with E-state index in [1.807, 2.05) is 6.92 Å². The lowest BCUT2D eigenvalue weighted by molar-refractivity contribution is -0.140. The molecular formula is C11H19NO4. The molecule has 16 heavy (non-hydrogen) atoms. The largest absolute Gasteiger partial charge is 0.460 e. The molecule has 92 valence electrons. The molecule has 0 aromatic heterocycles. The SMILES string of the molecule is C=CC(=O)OCC(O)CNC(=O)C(C)CC. The number of carbonyl (C=O) groups excluding carboxylic acids is 2. The summed E-state index contributed by atoms with van der Waals surface area (Å²) in [7, 11) is 0. The van der Waals surface area contributed by atoms with Crippen molar-refractivity contribution in [2.24, 2.45) is 5.92 Å². The average Bonchev–Trinajstić information content (AvgIpc) is 2.31. The molecule has 0 saturated heterocycles. The highest BCUT2D eigenvalue weighted by Crippen LogP contribution is 1.99. The van der Waals surface area contributed by atoms with Crippen molar-refractivity contribution in [2.45, 2.75) is 26.4 Å². The number of rotatable bonds is 7. The first kappa shape index (κ1) is 14.6. The van der Waals surface area contributed by atoms with Gasteiger partial charge in [0, 0.05) is 18.5 Å². The first-order chi connectivity index (χ1) is 7.51. The monoisotopic (exact) mass is 229 g/mol. The molecule has 1 amide bonds. The molecule has 2 unspecified atom stereocenters. The van der Waals surface area contributed by atoms with Gasteiger partial charge in [-0.15, -0.1) is 0 Å². The molecule has 0 saturated carbocycles. The zero-order valence-electron chi connectivity index (χ0n) is 9.73. The van der Waals surface area contributed by atoms with E-state index in [1.165, 1.54) is 0 Å². The van der Waals surface area contributed by atoms with Crippen LogP contribution in [0.15, 0.2) is 12.7 Å². The summed E-state index contributed by atoms with van der Waals surface area (Å²) in [5.74, 6) is -0.785. The number of nitrogens with one attached hydrogen (secondary N) is 1. The van der Waals surface area contributed by atoms with E-state index < -0.39 is 12.1 Å². The molecule has 0 radical (unpaired) electrons. The number of amides is 1. The molecule has 0 aliphatic rings. The Bertz CT molecular complexity index is 252. The summed E-state index contributed by atoms with van der Waals surface area (Å²) in [5, 5.41) is 11.9. The Morgan fingerprint density at radius 2 is 2.19 bits per heavy atom. The Kier molecular flexibility index (Phi) is 7.20. The minimum atomic E-state index is -0.892. The molecule has 2 atom stereocenters. The van der Waals surface area contributed by atoms with Crippen molar-refractivity contribution in [1.29, 1.82) is 0 Å². The van der Waals surface area contributed by atoms with Gasteiger partial charge in [0.25, 0.3) is 0 Å². The van der Waals surface area contributed by atoms with Crippen LogP contribution in [0.4, 0.5) is 0 Å². The maximum Gasteiger partial charge on any atom is 0.330 e. The summed E-state index contributed by atoms with van der Waals surface area (Å²) in [5.41, 5.74) is 0. The summed E-state index contributed by atoms with van der Waals surface area (Å²) >= 11 is 0. The maximum absolute atomic E-state index is 11.3. The average molecular weight is 229 g/mol. The number of ether oxygens (including phenoxy) is 1. The van der Waals surface area contributed by atoms with Crippen LogP contribution in [-0.2, 0) is 14.3 Å². The predicted octanol–water partition coefficient (Wildman–Crippen LogP) is 0.239. The van der Waals surface area contributed by atoms with Crippen molar-refractivity contribution in [1.82, 2.24) is 5.32 Å². The fraction of sp³-hybridized carbons (Fsp3) is 0.636. The van der Waals surface area contributed by atoms with Crippen molar-refractivity contribution < 1.29 is 19.4 Å². The standard InChI is InChI=1S/C11H19NO4/c1-4-8(3)11(15)12-6-9(13)7-16-10(14)5-2/h5,8-9,13H,2,4,6-7H2,1,3H3,(H,12,15). The lowest BCUT2D eigenvalue weighted by Gasteiger charge is -2.13. The van der Waals surface area contributed by atoms with Crippen LogP contribution in [0.25, 0.3) is 0 Å². The molecule has 5 nitrogen and oxygen atoms in total. The third-order valence-corrected chi connectivity index (χ3v) is 2.16. The highest BCUT2D eigenvalue weighted by Gasteiger charge is 2.12. The quantitative estimate of drug-likeness (QED) is 0.484. The summed E-state index contributed by atoms with van der Waals surface area (Å²) in [6, 6.07) is 0. The van der Waals surface area contributed by atoms with Gasteiger partial charge in [0.15, 0.2) is 0 Å². The van der Waals surface area contributed by atoms with E-state index in [4.69, 9.17) is 0 Å². The molecular weight excluding hydrogens is 210 g/mol. The zero-order valence-corrected chi connectivity index (χ0v) is 9.73.